The van der Waals surface area contributed by atoms with Crippen molar-refractivity contribution in [3.8, 4) is 0 Å². The number of rotatable bonds is 2. The molecule has 2 unspecified atom stereocenters. The Morgan fingerprint density at radius 1 is 1.28 bits per heavy atom. The molecule has 1 nitrogen and oxygen atoms in total. The third-order valence-corrected chi connectivity index (χ3v) is 4.66. The van der Waals surface area contributed by atoms with Gasteiger partial charge in [-0.3, -0.25) is 4.79 Å². The Morgan fingerprint density at radius 2 is 2.00 bits per heavy atom. The number of benzene rings is 1. The lowest BCUT2D eigenvalue weighted by molar-refractivity contribution is -0.104. The van der Waals surface area contributed by atoms with Crippen molar-refractivity contribution < 1.29 is 4.79 Å². The summed E-state index contributed by atoms with van der Waals surface area (Å²) in [6.07, 6.45) is 5.41. The van der Waals surface area contributed by atoms with Gasteiger partial charge >= 0.3 is 0 Å². The standard InChI is InChI=1S/C17H22O/c1-12-13(2)17(3,4)11-15-8-7-14(6-5-9-18)10-16(12)15/h5-10,12-13H,11H2,1-4H3. The first-order chi connectivity index (χ1) is 8.45. The average molecular weight is 242 g/mol. The van der Waals surface area contributed by atoms with Gasteiger partial charge in [0.2, 0.25) is 0 Å². The van der Waals surface area contributed by atoms with E-state index in [4.69, 9.17) is 0 Å². The monoisotopic (exact) mass is 242 g/mol. The Kier molecular flexibility index (Phi) is 3.43. The second-order valence-corrected chi connectivity index (χ2v) is 6.20. The first-order valence-corrected chi connectivity index (χ1v) is 6.70. The molecule has 0 saturated carbocycles. The van der Waals surface area contributed by atoms with Gasteiger partial charge in [-0.25, -0.2) is 0 Å². The summed E-state index contributed by atoms with van der Waals surface area (Å²) in [5.74, 6) is 1.25. The Bertz CT molecular complexity index is 482. The van der Waals surface area contributed by atoms with E-state index in [2.05, 4.69) is 45.9 Å². The van der Waals surface area contributed by atoms with Crippen molar-refractivity contribution in [1.29, 1.82) is 0 Å². The summed E-state index contributed by atoms with van der Waals surface area (Å²) in [6.45, 7) is 9.38. The van der Waals surface area contributed by atoms with Gasteiger partial charge in [0.25, 0.3) is 0 Å². The van der Waals surface area contributed by atoms with E-state index in [1.54, 1.807) is 6.08 Å². The van der Waals surface area contributed by atoms with Crippen LogP contribution in [0.2, 0.25) is 0 Å². The minimum atomic E-state index is 0.368. The van der Waals surface area contributed by atoms with Crippen LogP contribution in [0.15, 0.2) is 24.3 Å². The molecule has 0 N–H and O–H groups in total. The molecule has 0 radical (unpaired) electrons. The maximum atomic E-state index is 10.4. The predicted octanol–water partition coefficient (Wildman–Crippen LogP) is 4.22. The van der Waals surface area contributed by atoms with Crippen LogP contribution in [-0.4, -0.2) is 6.29 Å². The molecule has 2 atom stereocenters. The number of hydrogen-bond acceptors (Lipinski definition) is 1. The van der Waals surface area contributed by atoms with Gasteiger partial charge < -0.3 is 0 Å². The first-order valence-electron chi connectivity index (χ1n) is 6.70. The van der Waals surface area contributed by atoms with E-state index in [-0.39, 0.29) is 0 Å². The van der Waals surface area contributed by atoms with Crippen LogP contribution in [0.4, 0.5) is 0 Å². The summed E-state index contributed by atoms with van der Waals surface area (Å²) < 4.78 is 0. The van der Waals surface area contributed by atoms with Crippen molar-refractivity contribution >= 4 is 12.4 Å². The molecule has 0 saturated heterocycles. The quantitative estimate of drug-likeness (QED) is 0.560. The third-order valence-electron chi connectivity index (χ3n) is 4.66. The molecule has 0 spiro atoms. The molecule has 0 amide bonds. The zero-order valence-electron chi connectivity index (χ0n) is 11.7. The molecule has 1 aliphatic rings. The van der Waals surface area contributed by atoms with E-state index in [9.17, 15) is 4.79 Å². The number of carbonyl (C=O) groups excluding carboxylic acids is 1. The number of fused-ring (bicyclic) bond motifs is 1. The summed E-state index contributed by atoms with van der Waals surface area (Å²) in [6, 6.07) is 6.58. The fraction of sp³-hybridized carbons (Fsp3) is 0.471. The summed E-state index contributed by atoms with van der Waals surface area (Å²) in [5.41, 5.74) is 4.41. The third kappa shape index (κ3) is 2.27. The number of allylic oxidation sites excluding steroid dienone is 1. The van der Waals surface area contributed by atoms with Crippen molar-refractivity contribution in [1.82, 2.24) is 0 Å². The van der Waals surface area contributed by atoms with Gasteiger partial charge in [0.05, 0.1) is 0 Å². The minimum Gasteiger partial charge on any atom is -0.299 e. The van der Waals surface area contributed by atoms with Crippen LogP contribution in [0, 0.1) is 11.3 Å². The lowest BCUT2D eigenvalue weighted by Crippen LogP contribution is -2.33. The topological polar surface area (TPSA) is 17.1 Å². The Balaban J connectivity index is 2.42. The summed E-state index contributed by atoms with van der Waals surface area (Å²) in [7, 11) is 0. The lowest BCUT2D eigenvalue weighted by Gasteiger charge is -2.42. The van der Waals surface area contributed by atoms with Gasteiger partial charge in [0, 0.05) is 0 Å². The molecule has 96 valence electrons. The molecule has 18 heavy (non-hydrogen) atoms. The highest BCUT2D eigenvalue weighted by atomic mass is 16.1. The van der Waals surface area contributed by atoms with Gasteiger partial charge in [0.15, 0.2) is 0 Å². The molecular formula is C17H22O. The van der Waals surface area contributed by atoms with E-state index < -0.39 is 0 Å². The van der Waals surface area contributed by atoms with Crippen LogP contribution in [-0.2, 0) is 11.2 Å². The minimum absolute atomic E-state index is 0.368. The van der Waals surface area contributed by atoms with Crippen molar-refractivity contribution in [3.63, 3.8) is 0 Å². The highest BCUT2D eigenvalue weighted by Crippen LogP contribution is 2.46. The zero-order chi connectivity index (χ0) is 13.3. The highest BCUT2D eigenvalue weighted by Gasteiger charge is 2.36. The second-order valence-electron chi connectivity index (χ2n) is 6.20. The zero-order valence-corrected chi connectivity index (χ0v) is 11.7. The lowest BCUT2D eigenvalue weighted by atomic mass is 9.63. The van der Waals surface area contributed by atoms with E-state index >= 15 is 0 Å². The smallest absolute Gasteiger partial charge is 0.142 e. The van der Waals surface area contributed by atoms with Crippen LogP contribution >= 0.6 is 0 Å². The Hall–Kier alpha value is -1.37. The maximum absolute atomic E-state index is 10.4. The molecule has 0 fully saturated rings. The molecule has 1 aromatic carbocycles. The van der Waals surface area contributed by atoms with Crippen LogP contribution < -0.4 is 0 Å². The van der Waals surface area contributed by atoms with Crippen molar-refractivity contribution in [2.75, 3.05) is 0 Å². The van der Waals surface area contributed by atoms with Crippen LogP contribution in [0.25, 0.3) is 6.08 Å². The molecule has 0 aliphatic heterocycles. The van der Waals surface area contributed by atoms with Crippen LogP contribution in [0.3, 0.4) is 0 Å². The predicted molar refractivity (Wildman–Crippen MR) is 76.6 cm³/mol. The van der Waals surface area contributed by atoms with Crippen molar-refractivity contribution in [3.05, 3.63) is 41.0 Å². The van der Waals surface area contributed by atoms with E-state index in [1.165, 1.54) is 11.1 Å². The fourth-order valence-electron chi connectivity index (χ4n) is 3.05. The SMILES string of the molecule is CC1c2cc(C=CC=O)ccc2CC(C)(C)C1C. The molecule has 1 aliphatic carbocycles. The summed E-state index contributed by atoms with van der Waals surface area (Å²) >= 11 is 0. The first kappa shape index (κ1) is 13.1. The normalized spacial score (nSPS) is 26.0. The van der Waals surface area contributed by atoms with E-state index in [0.29, 0.717) is 17.3 Å². The second kappa shape index (κ2) is 4.72. The summed E-state index contributed by atoms with van der Waals surface area (Å²) in [4.78, 5) is 10.4. The molecule has 0 heterocycles. The fourth-order valence-corrected chi connectivity index (χ4v) is 3.05. The van der Waals surface area contributed by atoms with Gasteiger partial charge in [-0.05, 0) is 46.4 Å². The molecule has 2 rings (SSSR count). The Labute approximate surface area is 110 Å². The highest BCUT2D eigenvalue weighted by molar-refractivity contribution is 5.74. The van der Waals surface area contributed by atoms with Crippen LogP contribution in [0.1, 0.15) is 50.3 Å². The summed E-state index contributed by atoms with van der Waals surface area (Å²) in [5, 5.41) is 0. The number of carbonyl (C=O) groups is 1. The van der Waals surface area contributed by atoms with E-state index in [1.807, 2.05) is 6.08 Å². The molecule has 1 aromatic rings. The molecule has 0 bridgehead atoms. The van der Waals surface area contributed by atoms with Gasteiger partial charge in [-0.1, -0.05) is 52.0 Å². The maximum Gasteiger partial charge on any atom is 0.142 e. The number of aldehydes is 1. The van der Waals surface area contributed by atoms with Crippen molar-refractivity contribution in [2.45, 2.75) is 40.0 Å². The van der Waals surface area contributed by atoms with Gasteiger partial charge in [-0.15, -0.1) is 0 Å². The Morgan fingerprint density at radius 3 is 2.67 bits per heavy atom. The molecule has 0 aromatic heterocycles. The molecular weight excluding hydrogens is 220 g/mol. The van der Waals surface area contributed by atoms with E-state index in [0.717, 1.165) is 18.3 Å². The average Bonchev–Trinajstić information content (AvgIpc) is 2.34. The van der Waals surface area contributed by atoms with Gasteiger partial charge in [0.1, 0.15) is 6.29 Å². The van der Waals surface area contributed by atoms with Crippen LogP contribution in [0.5, 0.6) is 0 Å². The van der Waals surface area contributed by atoms with Gasteiger partial charge in [-0.2, -0.15) is 0 Å². The van der Waals surface area contributed by atoms with Crippen molar-refractivity contribution in [2.24, 2.45) is 11.3 Å². The largest absolute Gasteiger partial charge is 0.299 e. The number of hydrogen-bond donors (Lipinski definition) is 0. The molecule has 1 heteroatoms.